The van der Waals surface area contributed by atoms with E-state index in [4.69, 9.17) is 16.9 Å². The summed E-state index contributed by atoms with van der Waals surface area (Å²) in [7, 11) is 1.68. The average molecular weight is 351 g/mol. The third-order valence-corrected chi connectivity index (χ3v) is 4.24. The van der Waals surface area contributed by atoms with Crippen molar-refractivity contribution in [3.63, 3.8) is 0 Å². The van der Waals surface area contributed by atoms with Gasteiger partial charge in [-0.2, -0.15) is 5.26 Å². The smallest absolute Gasteiger partial charge is 0.239 e. The molecule has 128 valence electrons. The van der Waals surface area contributed by atoms with Crippen LogP contribution in [0.15, 0.2) is 18.3 Å². The summed E-state index contributed by atoms with van der Waals surface area (Å²) in [6, 6.07) is 4.41. The van der Waals surface area contributed by atoms with E-state index in [1.54, 1.807) is 18.9 Å². The lowest BCUT2D eigenvalue weighted by Crippen LogP contribution is -2.44. The minimum Gasteiger partial charge on any atom is -0.360 e. The fourth-order valence-electron chi connectivity index (χ4n) is 2.59. The first-order valence-electron chi connectivity index (χ1n) is 7.74. The molecule has 1 unspecified atom stereocenters. The molecule has 2 N–H and O–H groups in total. The normalized spacial score (nSPS) is 12.1. The molecular formula is C17H20ClFN4O. The summed E-state index contributed by atoms with van der Waals surface area (Å²) in [4.78, 5) is 16.7. The molecule has 24 heavy (non-hydrogen) atoms. The van der Waals surface area contributed by atoms with Crippen LogP contribution in [0.1, 0.15) is 18.9 Å². The average Bonchev–Trinajstić information content (AvgIpc) is 2.95. The number of hydrogen-bond acceptors (Lipinski definition) is 3. The first-order chi connectivity index (χ1) is 11.4. The van der Waals surface area contributed by atoms with Gasteiger partial charge in [-0.05, 0) is 37.6 Å². The number of halogens is 2. The maximum atomic E-state index is 13.5. The highest BCUT2D eigenvalue weighted by Crippen LogP contribution is 2.27. The van der Waals surface area contributed by atoms with E-state index in [2.05, 4.69) is 10.3 Å². The van der Waals surface area contributed by atoms with Gasteiger partial charge in [-0.25, -0.2) is 4.39 Å². The van der Waals surface area contributed by atoms with Crippen LogP contribution < -0.4 is 5.32 Å². The number of carbonyl (C=O) groups is 1. The summed E-state index contributed by atoms with van der Waals surface area (Å²) in [5.41, 5.74) is 1.66. The van der Waals surface area contributed by atoms with Gasteiger partial charge in [-0.15, -0.1) is 0 Å². The van der Waals surface area contributed by atoms with E-state index in [0.717, 1.165) is 10.9 Å². The van der Waals surface area contributed by atoms with Crippen molar-refractivity contribution >= 4 is 28.4 Å². The van der Waals surface area contributed by atoms with E-state index in [-0.39, 0.29) is 17.8 Å². The van der Waals surface area contributed by atoms with Crippen LogP contribution in [0.4, 0.5) is 4.39 Å². The number of hydrogen-bond donors (Lipinski definition) is 2. The first-order valence-corrected chi connectivity index (χ1v) is 8.12. The van der Waals surface area contributed by atoms with E-state index in [1.165, 1.54) is 12.1 Å². The summed E-state index contributed by atoms with van der Waals surface area (Å²) < 4.78 is 13.5. The van der Waals surface area contributed by atoms with Gasteiger partial charge in [-0.3, -0.25) is 4.79 Å². The molecule has 0 fully saturated rings. The molecule has 0 aliphatic carbocycles. The van der Waals surface area contributed by atoms with Gasteiger partial charge < -0.3 is 15.2 Å². The number of amides is 1. The Morgan fingerprint density at radius 2 is 2.29 bits per heavy atom. The molecule has 1 atom stereocenters. The van der Waals surface area contributed by atoms with E-state index in [0.29, 0.717) is 36.5 Å². The second-order valence-electron chi connectivity index (χ2n) is 5.72. The third-order valence-electron chi connectivity index (χ3n) is 3.94. The Bertz CT molecular complexity index is 768. The largest absolute Gasteiger partial charge is 0.360 e. The molecule has 1 aromatic heterocycles. The predicted molar refractivity (Wildman–Crippen MR) is 92.3 cm³/mol. The standard InChI is InChI=1S/C17H20ClFN4O/c1-11(17(24)23(2)7-3-5-20)21-6-4-12-10-22-16-14(12)8-13(19)9-15(16)18/h8-11,21-22H,3-4,6-7H2,1-2H3. The van der Waals surface area contributed by atoms with Crippen LogP contribution in [-0.4, -0.2) is 42.0 Å². The molecule has 0 radical (unpaired) electrons. The van der Waals surface area contributed by atoms with Gasteiger partial charge in [0.05, 0.1) is 29.1 Å². The van der Waals surface area contributed by atoms with Crippen molar-refractivity contribution in [1.29, 1.82) is 5.26 Å². The molecule has 1 amide bonds. The number of benzene rings is 1. The quantitative estimate of drug-likeness (QED) is 0.806. The molecule has 0 saturated heterocycles. The van der Waals surface area contributed by atoms with Crippen LogP contribution in [0.2, 0.25) is 5.02 Å². The zero-order valence-corrected chi connectivity index (χ0v) is 14.5. The second-order valence-corrected chi connectivity index (χ2v) is 6.13. The maximum absolute atomic E-state index is 13.5. The molecule has 0 aliphatic heterocycles. The number of H-pyrrole nitrogens is 1. The van der Waals surface area contributed by atoms with Crippen LogP contribution in [-0.2, 0) is 11.2 Å². The minimum absolute atomic E-state index is 0.0572. The number of aromatic nitrogens is 1. The lowest BCUT2D eigenvalue weighted by molar-refractivity contribution is -0.131. The lowest BCUT2D eigenvalue weighted by atomic mass is 10.1. The molecule has 1 heterocycles. The molecule has 0 spiro atoms. The SMILES string of the molecule is CC(NCCc1c[nH]c2c(Cl)cc(F)cc12)C(=O)N(C)CCC#N. The third kappa shape index (κ3) is 4.25. The van der Waals surface area contributed by atoms with Gasteiger partial charge in [0.15, 0.2) is 0 Å². The number of nitrogens with zero attached hydrogens (tertiary/aromatic N) is 2. The molecular weight excluding hydrogens is 331 g/mol. The minimum atomic E-state index is -0.371. The Labute approximate surface area is 145 Å². The molecule has 0 bridgehead atoms. The van der Waals surface area contributed by atoms with Crippen molar-refractivity contribution in [2.75, 3.05) is 20.1 Å². The molecule has 0 aliphatic rings. The summed E-state index contributed by atoms with van der Waals surface area (Å²) in [5.74, 6) is -0.428. The fraction of sp³-hybridized carbons (Fsp3) is 0.412. The van der Waals surface area contributed by atoms with E-state index >= 15 is 0 Å². The highest BCUT2D eigenvalue weighted by atomic mass is 35.5. The number of aromatic amines is 1. The Hall–Kier alpha value is -2.10. The van der Waals surface area contributed by atoms with Gasteiger partial charge in [0, 0.05) is 25.2 Å². The molecule has 0 saturated carbocycles. The van der Waals surface area contributed by atoms with Gasteiger partial charge in [0.1, 0.15) is 5.82 Å². The van der Waals surface area contributed by atoms with Crippen LogP contribution in [0.3, 0.4) is 0 Å². The van der Waals surface area contributed by atoms with E-state index in [1.807, 2.05) is 12.3 Å². The van der Waals surface area contributed by atoms with Gasteiger partial charge in [-0.1, -0.05) is 11.6 Å². The summed E-state index contributed by atoms with van der Waals surface area (Å²) in [5, 5.41) is 12.8. The molecule has 7 heteroatoms. The Kier molecular flexibility index (Phi) is 6.18. The monoisotopic (exact) mass is 350 g/mol. The number of fused-ring (bicyclic) bond motifs is 1. The Morgan fingerprint density at radius 3 is 3.00 bits per heavy atom. The first kappa shape index (κ1) is 18.2. The predicted octanol–water partition coefficient (Wildman–Crippen LogP) is 2.85. The van der Waals surface area contributed by atoms with Crippen LogP contribution in [0, 0.1) is 17.1 Å². The molecule has 2 rings (SSSR count). The summed E-state index contributed by atoms with van der Waals surface area (Å²) >= 11 is 6.02. The number of carbonyl (C=O) groups excluding carboxylic acids is 1. The number of likely N-dealkylation sites (N-methyl/N-ethyl adjacent to an activating group) is 1. The van der Waals surface area contributed by atoms with Crippen molar-refractivity contribution in [3.05, 3.63) is 34.7 Å². The van der Waals surface area contributed by atoms with Crippen LogP contribution in [0.25, 0.3) is 10.9 Å². The van der Waals surface area contributed by atoms with Gasteiger partial charge in [0.25, 0.3) is 0 Å². The number of nitrogens with one attached hydrogen (secondary N) is 2. The zero-order valence-electron chi connectivity index (χ0n) is 13.7. The van der Waals surface area contributed by atoms with Crippen molar-refractivity contribution in [2.45, 2.75) is 25.8 Å². The number of rotatable bonds is 7. The highest BCUT2D eigenvalue weighted by molar-refractivity contribution is 6.35. The van der Waals surface area contributed by atoms with Crippen LogP contribution in [0.5, 0.6) is 0 Å². The van der Waals surface area contributed by atoms with Crippen LogP contribution >= 0.6 is 11.6 Å². The van der Waals surface area contributed by atoms with Gasteiger partial charge in [0.2, 0.25) is 5.91 Å². The Balaban J connectivity index is 1.93. The van der Waals surface area contributed by atoms with Crippen molar-refractivity contribution in [3.8, 4) is 6.07 Å². The molecule has 1 aromatic carbocycles. The highest BCUT2D eigenvalue weighted by Gasteiger charge is 2.16. The summed E-state index contributed by atoms with van der Waals surface area (Å²) in [6.45, 7) is 2.78. The lowest BCUT2D eigenvalue weighted by Gasteiger charge is -2.21. The van der Waals surface area contributed by atoms with Gasteiger partial charge >= 0.3 is 0 Å². The Morgan fingerprint density at radius 1 is 1.54 bits per heavy atom. The van der Waals surface area contributed by atoms with E-state index < -0.39 is 0 Å². The summed E-state index contributed by atoms with van der Waals surface area (Å²) in [6.07, 6.45) is 2.76. The van der Waals surface area contributed by atoms with Crippen molar-refractivity contribution < 1.29 is 9.18 Å². The number of nitriles is 1. The maximum Gasteiger partial charge on any atom is 0.239 e. The zero-order chi connectivity index (χ0) is 17.7. The topological polar surface area (TPSA) is 71.9 Å². The van der Waals surface area contributed by atoms with Crippen molar-refractivity contribution in [1.82, 2.24) is 15.2 Å². The second kappa shape index (κ2) is 8.13. The molecule has 2 aromatic rings. The fourth-order valence-corrected chi connectivity index (χ4v) is 2.85. The van der Waals surface area contributed by atoms with Crippen molar-refractivity contribution in [2.24, 2.45) is 0 Å². The van der Waals surface area contributed by atoms with E-state index in [9.17, 15) is 9.18 Å². The molecule has 5 nitrogen and oxygen atoms in total.